The van der Waals surface area contributed by atoms with Crippen molar-refractivity contribution < 1.29 is 14.3 Å². The number of ether oxygens (including phenoxy) is 2. The molecule has 1 unspecified atom stereocenters. The molecule has 1 aliphatic heterocycles. The van der Waals surface area contributed by atoms with Crippen molar-refractivity contribution in [3.8, 4) is 17.2 Å². The highest BCUT2D eigenvalue weighted by Gasteiger charge is 2.32. The molecular formula is C22H24N6O4. The summed E-state index contributed by atoms with van der Waals surface area (Å²) in [6.45, 7) is 3.14. The van der Waals surface area contributed by atoms with Crippen LogP contribution >= 0.6 is 0 Å². The molecule has 0 saturated carbocycles. The molecule has 2 N–H and O–H groups in total. The summed E-state index contributed by atoms with van der Waals surface area (Å²) < 4.78 is 13.0. The molecule has 1 aliphatic rings. The Morgan fingerprint density at radius 3 is 2.34 bits per heavy atom. The van der Waals surface area contributed by atoms with Gasteiger partial charge in [-0.3, -0.25) is 4.79 Å². The second-order valence-corrected chi connectivity index (χ2v) is 7.40. The molecule has 1 aromatic heterocycles. The zero-order valence-corrected chi connectivity index (χ0v) is 18.3. The van der Waals surface area contributed by atoms with Gasteiger partial charge in [0.25, 0.3) is 0 Å². The highest BCUT2D eigenvalue weighted by Crippen LogP contribution is 2.37. The van der Waals surface area contributed by atoms with E-state index in [1.807, 2.05) is 30.3 Å². The Morgan fingerprint density at radius 1 is 1.09 bits per heavy atom. The Balaban J connectivity index is 1.64. The molecule has 0 spiro atoms. The summed E-state index contributed by atoms with van der Waals surface area (Å²) in [4.78, 5) is 24.5. The molecule has 4 rings (SSSR count). The Kier molecular flexibility index (Phi) is 5.43. The van der Waals surface area contributed by atoms with Gasteiger partial charge < -0.3 is 15.3 Å². The summed E-state index contributed by atoms with van der Waals surface area (Å²) in [7, 11) is 3.15. The maximum atomic E-state index is 12.3. The highest BCUT2D eigenvalue weighted by atomic mass is 16.5. The van der Waals surface area contributed by atoms with Crippen molar-refractivity contribution in [3.63, 3.8) is 0 Å². The lowest BCUT2D eigenvalue weighted by Crippen LogP contribution is -2.29. The minimum absolute atomic E-state index is 0.160. The summed E-state index contributed by atoms with van der Waals surface area (Å²) in [5.41, 5.74) is 2.66. The number of hydrogen-bond acceptors (Lipinski definition) is 7. The van der Waals surface area contributed by atoms with E-state index < -0.39 is 5.69 Å². The maximum Gasteiger partial charge on any atom is 0.369 e. The fourth-order valence-electron chi connectivity index (χ4n) is 3.73. The van der Waals surface area contributed by atoms with Crippen LogP contribution < -0.4 is 21.0 Å². The number of nitrogen functional groups attached to an aromatic ring is 1. The van der Waals surface area contributed by atoms with Gasteiger partial charge in [-0.25, -0.2) is 9.80 Å². The molecule has 3 aromatic rings. The van der Waals surface area contributed by atoms with Gasteiger partial charge in [-0.05, 0) is 42.3 Å². The first-order valence-electron chi connectivity index (χ1n) is 9.97. The van der Waals surface area contributed by atoms with Crippen LogP contribution in [-0.2, 0) is 4.79 Å². The number of nitrogens with zero attached hydrogens (tertiary/aromatic N) is 5. The van der Waals surface area contributed by atoms with Crippen molar-refractivity contribution in [2.45, 2.75) is 26.3 Å². The van der Waals surface area contributed by atoms with Crippen LogP contribution in [0.4, 0.5) is 0 Å². The first-order valence-corrected chi connectivity index (χ1v) is 9.97. The van der Waals surface area contributed by atoms with Crippen molar-refractivity contribution in [2.24, 2.45) is 5.10 Å². The van der Waals surface area contributed by atoms with E-state index in [1.165, 1.54) is 16.6 Å². The van der Waals surface area contributed by atoms with E-state index in [0.29, 0.717) is 29.4 Å². The molecule has 10 heteroatoms. The van der Waals surface area contributed by atoms with Crippen LogP contribution in [0.5, 0.6) is 11.5 Å². The summed E-state index contributed by atoms with van der Waals surface area (Å²) in [5, 5.41) is 10.2. The summed E-state index contributed by atoms with van der Waals surface area (Å²) in [6.07, 6.45) is 0.533. The van der Waals surface area contributed by atoms with Crippen molar-refractivity contribution in [3.05, 3.63) is 69.9 Å². The number of aryl methyl sites for hydroxylation is 1. The van der Waals surface area contributed by atoms with Crippen LogP contribution in [0.1, 0.15) is 36.3 Å². The molecule has 0 bridgehead atoms. The average Bonchev–Trinajstić information content (AvgIpc) is 3.36. The van der Waals surface area contributed by atoms with Gasteiger partial charge >= 0.3 is 5.69 Å². The third kappa shape index (κ3) is 3.59. The summed E-state index contributed by atoms with van der Waals surface area (Å²) in [5.74, 6) is 7.13. The average molecular weight is 436 g/mol. The molecule has 32 heavy (non-hydrogen) atoms. The van der Waals surface area contributed by atoms with Gasteiger partial charge in [0.05, 0.1) is 31.7 Å². The Hall–Kier alpha value is -4.08. The molecule has 1 atom stereocenters. The second-order valence-electron chi connectivity index (χ2n) is 7.40. The third-order valence-electron chi connectivity index (χ3n) is 5.45. The Labute approximate surface area is 184 Å². The van der Waals surface area contributed by atoms with Gasteiger partial charge in [0.2, 0.25) is 5.91 Å². The fraction of sp³-hybridized carbons (Fsp3) is 0.273. The normalized spacial score (nSPS) is 15.6. The summed E-state index contributed by atoms with van der Waals surface area (Å²) >= 11 is 0. The van der Waals surface area contributed by atoms with Gasteiger partial charge in [-0.1, -0.05) is 18.2 Å². The predicted molar refractivity (Wildman–Crippen MR) is 119 cm³/mol. The largest absolute Gasteiger partial charge is 0.493 e. The van der Waals surface area contributed by atoms with Gasteiger partial charge in [0.1, 0.15) is 0 Å². The fourth-order valence-corrected chi connectivity index (χ4v) is 3.73. The number of carbonyl (C=O) groups is 1. The van der Waals surface area contributed by atoms with E-state index in [9.17, 15) is 9.59 Å². The van der Waals surface area contributed by atoms with Crippen LogP contribution in [0.15, 0.2) is 52.4 Å². The molecule has 1 amide bonds. The zero-order valence-electron chi connectivity index (χ0n) is 18.3. The zero-order chi connectivity index (χ0) is 23.0. The van der Waals surface area contributed by atoms with Crippen molar-refractivity contribution >= 4 is 11.6 Å². The molecule has 0 saturated heterocycles. The third-order valence-corrected chi connectivity index (χ3v) is 5.45. The van der Waals surface area contributed by atoms with E-state index in [4.69, 9.17) is 15.3 Å². The predicted octanol–water partition coefficient (Wildman–Crippen LogP) is 1.77. The van der Waals surface area contributed by atoms with Crippen LogP contribution in [0.25, 0.3) is 5.69 Å². The lowest BCUT2D eigenvalue weighted by molar-refractivity contribution is -0.130. The molecule has 2 aromatic carbocycles. The van der Waals surface area contributed by atoms with E-state index >= 15 is 0 Å². The van der Waals surface area contributed by atoms with Gasteiger partial charge in [0, 0.05) is 13.3 Å². The quantitative estimate of drug-likeness (QED) is 0.609. The molecular weight excluding hydrogens is 412 g/mol. The lowest BCUT2D eigenvalue weighted by atomic mass is 9.98. The van der Waals surface area contributed by atoms with Gasteiger partial charge in [-0.2, -0.15) is 14.5 Å². The number of hydrogen-bond donors (Lipinski definition) is 1. The van der Waals surface area contributed by atoms with Crippen molar-refractivity contribution in [1.29, 1.82) is 0 Å². The van der Waals surface area contributed by atoms with Crippen LogP contribution in [0, 0.1) is 6.92 Å². The smallest absolute Gasteiger partial charge is 0.369 e. The van der Waals surface area contributed by atoms with E-state index in [2.05, 4.69) is 10.2 Å². The molecule has 0 fully saturated rings. The summed E-state index contributed by atoms with van der Waals surface area (Å²) in [6, 6.07) is 12.6. The molecule has 10 nitrogen and oxygen atoms in total. The SMILES string of the molecule is COc1ccc(C2CC(c3ccc(-n4nc(C)n(N)c4=O)cc3)=NN2C(C)=O)cc1OC. The van der Waals surface area contributed by atoms with Crippen LogP contribution in [0.2, 0.25) is 0 Å². The first-order chi connectivity index (χ1) is 15.3. The van der Waals surface area contributed by atoms with Crippen molar-refractivity contribution in [2.75, 3.05) is 20.1 Å². The lowest BCUT2D eigenvalue weighted by Gasteiger charge is -2.21. The minimum atomic E-state index is -0.426. The van der Waals surface area contributed by atoms with Gasteiger partial charge in [-0.15, -0.1) is 5.10 Å². The van der Waals surface area contributed by atoms with E-state index in [-0.39, 0.29) is 11.9 Å². The van der Waals surface area contributed by atoms with E-state index in [1.54, 1.807) is 33.3 Å². The van der Waals surface area contributed by atoms with E-state index in [0.717, 1.165) is 21.5 Å². The Bertz CT molecular complexity index is 1260. The number of benzene rings is 2. The molecule has 2 heterocycles. The van der Waals surface area contributed by atoms with Crippen LogP contribution in [0.3, 0.4) is 0 Å². The molecule has 0 aliphatic carbocycles. The van der Waals surface area contributed by atoms with Crippen LogP contribution in [-0.4, -0.2) is 45.3 Å². The molecule has 0 radical (unpaired) electrons. The molecule has 166 valence electrons. The number of amides is 1. The topological polar surface area (TPSA) is 117 Å². The number of hydrazone groups is 1. The van der Waals surface area contributed by atoms with Gasteiger partial charge in [0.15, 0.2) is 17.3 Å². The Morgan fingerprint density at radius 2 is 1.78 bits per heavy atom. The monoisotopic (exact) mass is 436 g/mol. The second kappa shape index (κ2) is 8.22. The number of carbonyl (C=O) groups excluding carboxylic acids is 1. The first kappa shape index (κ1) is 21.2. The number of nitrogens with two attached hydrogens (primary N) is 1. The number of rotatable bonds is 5. The minimum Gasteiger partial charge on any atom is -0.493 e. The van der Waals surface area contributed by atoms with Crippen molar-refractivity contribution in [1.82, 2.24) is 19.5 Å². The number of aromatic nitrogens is 3. The number of methoxy groups -OCH3 is 2. The maximum absolute atomic E-state index is 12.3. The standard InChI is InChI=1S/C22H24N6O4/c1-13-24-28(22(30)26(13)23)17-8-5-15(6-9-17)18-12-19(27(25-18)14(2)29)16-7-10-20(31-3)21(11-16)32-4/h5-11,19H,12,23H2,1-4H3. The highest BCUT2D eigenvalue weighted by molar-refractivity contribution is 6.03.